The number of anilines is 1. The Morgan fingerprint density at radius 1 is 1.38 bits per heavy atom. The van der Waals surface area contributed by atoms with Crippen molar-refractivity contribution in [3.05, 3.63) is 28.8 Å². The monoisotopic (exact) mass is 312 g/mol. The maximum absolute atomic E-state index is 12.1. The fourth-order valence-corrected chi connectivity index (χ4v) is 2.21. The lowest BCUT2D eigenvalue weighted by Gasteiger charge is -2.33. The second-order valence-corrected chi connectivity index (χ2v) is 5.82. The Morgan fingerprint density at radius 2 is 2.00 bits per heavy atom. The van der Waals surface area contributed by atoms with E-state index in [1.54, 1.807) is 30.9 Å². The molecule has 0 spiro atoms. The third-order valence-corrected chi connectivity index (χ3v) is 3.74. The van der Waals surface area contributed by atoms with Gasteiger partial charge in [0.15, 0.2) is 0 Å². The molecular weight excluding hydrogens is 292 g/mol. The van der Waals surface area contributed by atoms with Crippen LogP contribution in [0.1, 0.15) is 26.3 Å². The molecule has 1 aromatic rings. The second-order valence-electron chi connectivity index (χ2n) is 5.41. The first-order valence-electron chi connectivity index (χ1n) is 6.73. The highest BCUT2D eigenvalue weighted by Gasteiger charge is 2.34. The van der Waals surface area contributed by atoms with Crippen LogP contribution in [0.15, 0.2) is 18.2 Å². The summed E-state index contributed by atoms with van der Waals surface area (Å²) >= 11 is 6.06. The number of halogens is 1. The lowest BCUT2D eigenvalue weighted by Crippen LogP contribution is -2.52. The zero-order chi connectivity index (χ0) is 16.2. The average molecular weight is 313 g/mol. The van der Waals surface area contributed by atoms with Crippen LogP contribution in [0.3, 0.4) is 0 Å². The van der Waals surface area contributed by atoms with Crippen molar-refractivity contribution in [3.8, 4) is 0 Å². The van der Waals surface area contributed by atoms with Gasteiger partial charge in [-0.1, -0.05) is 24.6 Å². The first-order chi connectivity index (χ1) is 9.68. The average Bonchev–Trinajstić information content (AvgIpc) is 2.38. The molecule has 0 unspecified atom stereocenters. The van der Waals surface area contributed by atoms with Gasteiger partial charge >= 0.3 is 5.97 Å². The van der Waals surface area contributed by atoms with E-state index in [1.165, 1.54) is 0 Å². The van der Waals surface area contributed by atoms with Crippen LogP contribution >= 0.6 is 11.6 Å². The van der Waals surface area contributed by atoms with Gasteiger partial charge in [-0.3, -0.25) is 14.5 Å². The van der Waals surface area contributed by atoms with Crippen molar-refractivity contribution in [2.45, 2.75) is 33.2 Å². The molecule has 0 aliphatic carbocycles. The Kier molecular flexibility index (Phi) is 5.75. The molecular formula is C15H21ClN2O3. The molecule has 1 amide bonds. The van der Waals surface area contributed by atoms with E-state index in [-0.39, 0.29) is 12.5 Å². The smallest absolute Gasteiger partial charge is 0.323 e. The van der Waals surface area contributed by atoms with Gasteiger partial charge in [0.25, 0.3) is 0 Å². The number of nitrogens with one attached hydrogen (secondary N) is 1. The first kappa shape index (κ1) is 17.5. The van der Waals surface area contributed by atoms with E-state index in [2.05, 4.69) is 5.32 Å². The number of benzene rings is 1. The van der Waals surface area contributed by atoms with Crippen LogP contribution in [0.5, 0.6) is 0 Å². The van der Waals surface area contributed by atoms with E-state index in [1.807, 2.05) is 19.9 Å². The van der Waals surface area contributed by atoms with Crippen LogP contribution in [0.2, 0.25) is 5.02 Å². The van der Waals surface area contributed by atoms with Crippen molar-refractivity contribution in [1.82, 2.24) is 4.90 Å². The zero-order valence-corrected chi connectivity index (χ0v) is 13.5. The number of carbonyl (C=O) groups is 2. The van der Waals surface area contributed by atoms with E-state index < -0.39 is 11.5 Å². The van der Waals surface area contributed by atoms with Crippen molar-refractivity contribution >= 4 is 29.2 Å². The molecule has 2 N–H and O–H groups in total. The van der Waals surface area contributed by atoms with E-state index >= 15 is 0 Å². The van der Waals surface area contributed by atoms with Gasteiger partial charge in [0.1, 0.15) is 5.54 Å². The molecule has 1 aromatic carbocycles. The molecule has 0 aromatic heterocycles. The number of nitrogens with zero attached hydrogens (tertiary/aromatic N) is 1. The minimum absolute atomic E-state index is 0.0139. The molecule has 0 aliphatic heterocycles. The minimum Gasteiger partial charge on any atom is -0.480 e. The molecule has 116 valence electrons. The predicted molar refractivity (Wildman–Crippen MR) is 83.8 cm³/mol. The van der Waals surface area contributed by atoms with Crippen LogP contribution in [0, 0.1) is 6.92 Å². The van der Waals surface area contributed by atoms with Crippen LogP contribution < -0.4 is 5.32 Å². The summed E-state index contributed by atoms with van der Waals surface area (Å²) in [7, 11) is 0. The Balaban J connectivity index is 2.78. The molecule has 0 fully saturated rings. The normalized spacial score (nSPS) is 11.5. The van der Waals surface area contributed by atoms with Gasteiger partial charge in [-0.25, -0.2) is 0 Å². The molecule has 0 aliphatic rings. The van der Waals surface area contributed by atoms with Crippen LogP contribution in [0.4, 0.5) is 5.69 Å². The number of amides is 1. The fourth-order valence-electron chi connectivity index (χ4n) is 1.92. The Morgan fingerprint density at radius 3 is 2.48 bits per heavy atom. The number of hydrogen-bond acceptors (Lipinski definition) is 3. The summed E-state index contributed by atoms with van der Waals surface area (Å²) in [4.78, 5) is 24.9. The Labute approximate surface area is 129 Å². The number of carbonyl (C=O) groups excluding carboxylic acids is 1. The summed E-state index contributed by atoms with van der Waals surface area (Å²) < 4.78 is 0. The number of aryl methyl sites for hydroxylation is 1. The summed E-state index contributed by atoms with van der Waals surface area (Å²) in [6.45, 7) is 7.31. The molecule has 0 radical (unpaired) electrons. The Bertz CT molecular complexity index is 544. The molecule has 21 heavy (non-hydrogen) atoms. The van der Waals surface area contributed by atoms with E-state index in [0.29, 0.717) is 17.3 Å². The van der Waals surface area contributed by atoms with E-state index in [4.69, 9.17) is 11.6 Å². The third-order valence-electron chi connectivity index (χ3n) is 3.43. The van der Waals surface area contributed by atoms with Gasteiger partial charge < -0.3 is 10.4 Å². The number of carboxylic acid groups (broad SMARTS) is 1. The van der Waals surface area contributed by atoms with Crippen molar-refractivity contribution in [1.29, 1.82) is 0 Å². The number of aliphatic carboxylic acids is 1. The highest BCUT2D eigenvalue weighted by Crippen LogP contribution is 2.23. The highest BCUT2D eigenvalue weighted by atomic mass is 35.5. The van der Waals surface area contributed by atoms with Gasteiger partial charge in [-0.05, 0) is 45.0 Å². The molecule has 0 saturated carbocycles. The largest absolute Gasteiger partial charge is 0.480 e. The summed E-state index contributed by atoms with van der Waals surface area (Å²) in [6.07, 6.45) is 0. The van der Waals surface area contributed by atoms with Crippen molar-refractivity contribution in [3.63, 3.8) is 0 Å². The summed E-state index contributed by atoms with van der Waals surface area (Å²) in [5, 5.41) is 12.4. The van der Waals surface area contributed by atoms with Gasteiger partial charge in [-0.15, -0.1) is 0 Å². The van der Waals surface area contributed by atoms with Gasteiger partial charge in [0.2, 0.25) is 5.91 Å². The maximum atomic E-state index is 12.1. The summed E-state index contributed by atoms with van der Waals surface area (Å²) in [6, 6.07) is 5.34. The molecule has 0 saturated heterocycles. The Hall–Kier alpha value is -1.59. The fraction of sp³-hybridized carbons (Fsp3) is 0.467. The lowest BCUT2D eigenvalue weighted by atomic mass is 10.0. The molecule has 6 heteroatoms. The molecule has 0 bridgehead atoms. The van der Waals surface area contributed by atoms with Gasteiger partial charge in [0.05, 0.1) is 17.3 Å². The minimum atomic E-state index is -1.11. The van der Waals surface area contributed by atoms with Crippen LogP contribution in [0.25, 0.3) is 0 Å². The third kappa shape index (κ3) is 4.44. The number of hydrogen-bond donors (Lipinski definition) is 2. The first-order valence-corrected chi connectivity index (χ1v) is 7.10. The lowest BCUT2D eigenvalue weighted by molar-refractivity contribution is -0.149. The summed E-state index contributed by atoms with van der Waals surface area (Å²) in [5.74, 6) is -1.26. The van der Waals surface area contributed by atoms with Crippen molar-refractivity contribution < 1.29 is 14.7 Å². The second kappa shape index (κ2) is 6.91. The summed E-state index contributed by atoms with van der Waals surface area (Å²) in [5.41, 5.74) is 0.417. The zero-order valence-electron chi connectivity index (χ0n) is 12.7. The molecule has 0 heterocycles. The maximum Gasteiger partial charge on any atom is 0.323 e. The number of likely N-dealkylation sites (N-methyl/N-ethyl adjacent to an activating group) is 1. The predicted octanol–water partition coefficient (Wildman–Crippen LogP) is 2.77. The van der Waals surface area contributed by atoms with Gasteiger partial charge in [-0.2, -0.15) is 0 Å². The quantitative estimate of drug-likeness (QED) is 0.847. The number of carboxylic acids is 1. The molecule has 0 atom stereocenters. The van der Waals surface area contributed by atoms with E-state index in [9.17, 15) is 14.7 Å². The molecule has 5 nitrogen and oxygen atoms in total. The standard InChI is InChI=1S/C15H21ClN2O3/c1-5-18(15(3,4)14(20)21)9-13(19)17-12-7-6-10(2)8-11(12)16/h6-8H,5,9H2,1-4H3,(H,17,19)(H,20,21). The van der Waals surface area contributed by atoms with Crippen LogP contribution in [-0.4, -0.2) is 40.5 Å². The highest BCUT2D eigenvalue weighted by molar-refractivity contribution is 6.33. The molecule has 1 rings (SSSR count). The van der Waals surface area contributed by atoms with Crippen LogP contribution in [-0.2, 0) is 9.59 Å². The van der Waals surface area contributed by atoms with Gasteiger partial charge in [0, 0.05) is 0 Å². The van der Waals surface area contributed by atoms with Crippen molar-refractivity contribution in [2.24, 2.45) is 0 Å². The van der Waals surface area contributed by atoms with E-state index in [0.717, 1.165) is 5.56 Å². The van der Waals surface area contributed by atoms with Crippen molar-refractivity contribution in [2.75, 3.05) is 18.4 Å². The topological polar surface area (TPSA) is 69.6 Å². The number of rotatable bonds is 6. The SMILES string of the molecule is CCN(CC(=O)Nc1ccc(C)cc1Cl)C(C)(C)C(=O)O.